The van der Waals surface area contributed by atoms with Gasteiger partial charge in [0.1, 0.15) is 24.9 Å². The minimum atomic E-state index is -0.910. The van der Waals surface area contributed by atoms with E-state index in [2.05, 4.69) is 36.9 Å². The smallest absolute Gasteiger partial charge is 0.204 e. The van der Waals surface area contributed by atoms with Crippen molar-refractivity contribution in [3.05, 3.63) is 40.6 Å². The molecule has 1 aliphatic heterocycles. The molecule has 174 valence electrons. The Hall–Kier alpha value is -2.69. The number of ether oxygens (including phenoxy) is 1. The van der Waals surface area contributed by atoms with E-state index in [9.17, 15) is 10.2 Å². The van der Waals surface area contributed by atoms with Gasteiger partial charge in [0.2, 0.25) is 5.75 Å². The second-order valence-corrected chi connectivity index (χ2v) is 10.1. The molecule has 0 unspecified atom stereocenters. The molecular weight excluding hydrogens is 488 g/mol. The summed E-state index contributed by atoms with van der Waals surface area (Å²) >= 11 is 3.42. The van der Waals surface area contributed by atoms with Gasteiger partial charge in [-0.3, -0.25) is 0 Å². The molecule has 6 N–H and O–H groups in total. The molecule has 3 aromatic rings. The number of aliphatic hydroxyl groups is 2. The number of nitrogens with zero attached hydrogens (tertiary/aromatic N) is 4. The van der Waals surface area contributed by atoms with Gasteiger partial charge in [0.05, 0.1) is 28.7 Å². The van der Waals surface area contributed by atoms with Gasteiger partial charge in [-0.25, -0.2) is 15.0 Å². The maximum Gasteiger partial charge on any atom is 0.204 e. The van der Waals surface area contributed by atoms with Gasteiger partial charge in [0.15, 0.2) is 11.6 Å². The van der Waals surface area contributed by atoms with Crippen LogP contribution in [-0.4, -0.2) is 56.6 Å². The minimum Gasteiger partial charge on any atom is -0.485 e. The summed E-state index contributed by atoms with van der Waals surface area (Å²) in [6.07, 6.45) is 1.69. The average molecular weight is 515 g/mol. The van der Waals surface area contributed by atoms with Crippen LogP contribution in [0.5, 0.6) is 5.75 Å². The topological polar surface area (TPSA) is 144 Å². The van der Waals surface area contributed by atoms with Crippen LogP contribution >= 0.6 is 15.9 Å². The molecule has 0 spiro atoms. The molecule has 5 rings (SSSR count). The van der Waals surface area contributed by atoms with E-state index in [0.29, 0.717) is 43.4 Å². The number of fused-ring (bicyclic) bond motifs is 2. The van der Waals surface area contributed by atoms with E-state index in [-0.39, 0.29) is 11.9 Å². The lowest BCUT2D eigenvalue weighted by atomic mass is 9.80. The molecule has 1 fully saturated rings. The van der Waals surface area contributed by atoms with E-state index >= 15 is 0 Å². The van der Waals surface area contributed by atoms with Crippen LogP contribution in [0, 0.1) is 5.41 Å². The molecule has 0 radical (unpaired) electrons. The van der Waals surface area contributed by atoms with Gasteiger partial charge in [0, 0.05) is 5.39 Å². The van der Waals surface area contributed by atoms with Gasteiger partial charge in [-0.05, 0) is 58.3 Å². The quantitative estimate of drug-likeness (QED) is 0.411. The van der Waals surface area contributed by atoms with Crippen molar-refractivity contribution in [3.63, 3.8) is 0 Å². The van der Waals surface area contributed by atoms with Crippen LogP contribution < -0.4 is 21.1 Å². The normalized spacial score (nSPS) is 26.9. The highest BCUT2D eigenvalue weighted by atomic mass is 79.9. The number of nitrogens with two attached hydrogens (primary N) is 2. The maximum atomic E-state index is 11.0. The van der Waals surface area contributed by atoms with Crippen molar-refractivity contribution in [2.75, 3.05) is 29.5 Å². The predicted molar refractivity (Wildman–Crippen MR) is 130 cm³/mol. The summed E-state index contributed by atoms with van der Waals surface area (Å²) in [6, 6.07) is 7.80. The number of anilines is 3. The fraction of sp³-hybridized carbons (Fsp3) is 0.435. The van der Waals surface area contributed by atoms with E-state index in [0.717, 1.165) is 27.4 Å². The Morgan fingerprint density at radius 1 is 1.21 bits per heavy atom. The highest BCUT2D eigenvalue weighted by Gasteiger charge is 2.52. The summed E-state index contributed by atoms with van der Waals surface area (Å²) < 4.78 is 6.44. The molecule has 1 saturated carbocycles. The third kappa shape index (κ3) is 3.85. The zero-order valence-corrected chi connectivity index (χ0v) is 19.9. The lowest BCUT2D eigenvalue weighted by Gasteiger charge is -2.36. The van der Waals surface area contributed by atoms with E-state index < -0.39 is 17.6 Å². The summed E-state index contributed by atoms with van der Waals surface area (Å²) in [5.41, 5.74) is 13.4. The number of halogens is 1. The second kappa shape index (κ2) is 8.27. The van der Waals surface area contributed by atoms with E-state index in [1.54, 1.807) is 0 Å². The van der Waals surface area contributed by atoms with Crippen molar-refractivity contribution in [1.29, 1.82) is 0 Å². The summed E-state index contributed by atoms with van der Waals surface area (Å²) in [4.78, 5) is 14.8. The van der Waals surface area contributed by atoms with Crippen molar-refractivity contribution in [3.8, 4) is 5.75 Å². The van der Waals surface area contributed by atoms with Gasteiger partial charge in [-0.1, -0.05) is 19.1 Å². The van der Waals surface area contributed by atoms with E-state index in [4.69, 9.17) is 16.2 Å². The van der Waals surface area contributed by atoms with E-state index in [1.165, 1.54) is 6.33 Å². The number of aryl methyl sites for hydroxylation is 1. The van der Waals surface area contributed by atoms with Crippen molar-refractivity contribution in [1.82, 2.24) is 15.0 Å². The first-order chi connectivity index (χ1) is 15.8. The Balaban J connectivity index is 1.35. The highest BCUT2D eigenvalue weighted by molar-refractivity contribution is 9.10. The third-order valence-corrected chi connectivity index (χ3v) is 7.65. The van der Waals surface area contributed by atoms with Gasteiger partial charge < -0.3 is 31.3 Å². The summed E-state index contributed by atoms with van der Waals surface area (Å²) in [5.74, 6) is 1.74. The lowest BCUT2D eigenvalue weighted by Crippen LogP contribution is -2.47. The number of hydrogen-bond donors (Lipinski definition) is 4. The molecule has 9 nitrogen and oxygen atoms in total. The predicted octanol–water partition coefficient (Wildman–Crippen LogP) is 2.28. The molecule has 1 aromatic carbocycles. The largest absolute Gasteiger partial charge is 0.485 e. The number of aliphatic hydroxyl groups excluding tert-OH is 2. The lowest BCUT2D eigenvalue weighted by molar-refractivity contribution is -0.0204. The highest BCUT2D eigenvalue weighted by Crippen LogP contribution is 2.46. The number of aromatic nitrogens is 3. The summed E-state index contributed by atoms with van der Waals surface area (Å²) in [6.45, 7) is 3.01. The molecule has 0 bridgehead atoms. The van der Waals surface area contributed by atoms with E-state index in [1.807, 2.05) is 30.0 Å². The monoisotopic (exact) mass is 514 g/mol. The molecule has 0 saturated heterocycles. The number of nitrogen functional groups attached to an aromatic ring is 2. The molecule has 2 aliphatic rings. The SMILES string of the molecule is C[C@]1(CCc2ccc3cc(Br)c(N)nc3c2)C[C@@H](N2CCOc3c(N)ncnc32)[C@H](O)[C@@H]1O. The van der Waals surface area contributed by atoms with Crippen LogP contribution in [0.4, 0.5) is 17.5 Å². The van der Waals surface area contributed by atoms with Crippen LogP contribution in [0.15, 0.2) is 35.1 Å². The van der Waals surface area contributed by atoms with Gasteiger partial charge in [0.25, 0.3) is 0 Å². The molecule has 33 heavy (non-hydrogen) atoms. The third-order valence-electron chi connectivity index (χ3n) is 7.02. The summed E-state index contributed by atoms with van der Waals surface area (Å²) in [5, 5.41) is 23.0. The maximum absolute atomic E-state index is 11.0. The Labute approximate surface area is 199 Å². The van der Waals surface area contributed by atoms with Crippen molar-refractivity contribution in [2.45, 2.75) is 44.4 Å². The molecule has 4 atom stereocenters. The first-order valence-electron chi connectivity index (χ1n) is 11.0. The number of rotatable bonds is 4. The van der Waals surface area contributed by atoms with Crippen LogP contribution in [0.1, 0.15) is 25.3 Å². The molecule has 2 aromatic heterocycles. The minimum absolute atomic E-state index is 0.276. The first-order valence-corrected chi connectivity index (χ1v) is 11.8. The van der Waals surface area contributed by atoms with Crippen LogP contribution in [0.2, 0.25) is 0 Å². The Morgan fingerprint density at radius 2 is 2.03 bits per heavy atom. The van der Waals surface area contributed by atoms with Crippen molar-refractivity contribution in [2.24, 2.45) is 5.41 Å². The zero-order valence-electron chi connectivity index (χ0n) is 18.3. The Morgan fingerprint density at radius 3 is 2.85 bits per heavy atom. The molecular formula is C23H27BrN6O3. The summed E-state index contributed by atoms with van der Waals surface area (Å²) in [7, 11) is 0. The molecule has 0 amide bonds. The number of benzene rings is 1. The number of pyridine rings is 1. The zero-order chi connectivity index (χ0) is 23.3. The average Bonchev–Trinajstić information content (AvgIpc) is 3.03. The molecule has 10 heteroatoms. The fourth-order valence-corrected chi connectivity index (χ4v) is 5.40. The Kier molecular flexibility index (Phi) is 5.54. The standard InChI is InChI=1S/C23H27BrN6O3/c1-23(5-4-12-2-3-13-9-14(24)20(25)29-15(13)8-12)10-16(17(31)19(23)32)30-6-7-33-18-21(26)27-11-28-22(18)30/h2-3,8-9,11,16-17,19,31-32H,4-7,10H2,1H3,(H2,25,29)(H2,26,27,28)/t16-,17+,19+,23+/m1/s1. The molecule has 1 aliphatic carbocycles. The van der Waals surface area contributed by atoms with Crippen molar-refractivity contribution < 1.29 is 14.9 Å². The van der Waals surface area contributed by atoms with Crippen molar-refractivity contribution >= 4 is 44.3 Å². The Bertz CT molecular complexity index is 1210. The fourth-order valence-electron chi connectivity index (χ4n) is 5.07. The van der Waals surface area contributed by atoms with Gasteiger partial charge in [-0.15, -0.1) is 0 Å². The van der Waals surface area contributed by atoms with Crippen LogP contribution in [-0.2, 0) is 6.42 Å². The van der Waals surface area contributed by atoms with Crippen LogP contribution in [0.25, 0.3) is 10.9 Å². The second-order valence-electron chi connectivity index (χ2n) is 9.20. The first kappa shape index (κ1) is 22.1. The van der Waals surface area contributed by atoms with Gasteiger partial charge >= 0.3 is 0 Å². The molecule has 3 heterocycles. The number of hydrogen-bond acceptors (Lipinski definition) is 9. The van der Waals surface area contributed by atoms with Crippen LogP contribution in [0.3, 0.4) is 0 Å². The van der Waals surface area contributed by atoms with Gasteiger partial charge in [-0.2, -0.15) is 0 Å².